The Kier molecular flexibility index (Phi) is 3.63. The van der Waals surface area contributed by atoms with E-state index >= 15 is 0 Å². The molecule has 2 fully saturated rings. The molecule has 1 aromatic rings. The molecule has 6 heteroatoms. The predicted molar refractivity (Wildman–Crippen MR) is 70.8 cm³/mol. The smallest absolute Gasteiger partial charge is 0.310 e. The normalized spacial score (nSPS) is 30.3. The van der Waals surface area contributed by atoms with E-state index in [1.54, 1.807) is 12.1 Å². The Morgan fingerprint density at radius 1 is 1.19 bits per heavy atom. The zero-order valence-electron chi connectivity index (χ0n) is 11.3. The van der Waals surface area contributed by atoms with E-state index in [9.17, 15) is 19.1 Å². The van der Waals surface area contributed by atoms with Gasteiger partial charge in [0.1, 0.15) is 5.82 Å². The molecule has 112 valence electrons. The first kappa shape index (κ1) is 14.0. The lowest BCUT2D eigenvalue weighted by atomic mass is 9.78. The van der Waals surface area contributed by atoms with Gasteiger partial charge in [0, 0.05) is 6.54 Å². The Bertz CT molecular complexity index is 559. The van der Waals surface area contributed by atoms with E-state index in [0.717, 1.165) is 12.0 Å². The molecular formula is C15H16FNO4. The van der Waals surface area contributed by atoms with Crippen molar-refractivity contribution in [1.29, 1.82) is 0 Å². The van der Waals surface area contributed by atoms with Crippen LogP contribution >= 0.6 is 0 Å². The summed E-state index contributed by atoms with van der Waals surface area (Å²) in [4.78, 5) is 23.6. The molecule has 2 heterocycles. The number of halogens is 1. The molecule has 21 heavy (non-hydrogen) atoms. The molecule has 0 radical (unpaired) electrons. The summed E-state index contributed by atoms with van der Waals surface area (Å²) in [7, 11) is 0. The van der Waals surface area contributed by atoms with Crippen LogP contribution in [0.4, 0.5) is 4.39 Å². The van der Waals surface area contributed by atoms with Gasteiger partial charge < -0.3 is 15.2 Å². The molecule has 1 amide bonds. The summed E-state index contributed by atoms with van der Waals surface area (Å²) < 4.78 is 18.4. The summed E-state index contributed by atoms with van der Waals surface area (Å²) in [6.07, 6.45) is 0.769. The van der Waals surface area contributed by atoms with Crippen LogP contribution in [-0.4, -0.2) is 29.2 Å². The number of ether oxygens (including phenoxy) is 1. The van der Waals surface area contributed by atoms with Crippen molar-refractivity contribution in [3.63, 3.8) is 0 Å². The maximum atomic E-state index is 12.8. The quantitative estimate of drug-likeness (QED) is 0.878. The van der Waals surface area contributed by atoms with Gasteiger partial charge in [-0.1, -0.05) is 12.1 Å². The first-order chi connectivity index (χ1) is 10.1. The average molecular weight is 293 g/mol. The predicted octanol–water partition coefficient (Wildman–Crippen LogP) is 1.32. The number of carboxylic acid groups (broad SMARTS) is 1. The summed E-state index contributed by atoms with van der Waals surface area (Å²) in [5.74, 6) is -3.03. The van der Waals surface area contributed by atoms with Gasteiger partial charge in [0.2, 0.25) is 5.91 Å². The molecule has 0 aromatic heterocycles. The third-order valence-corrected chi connectivity index (χ3v) is 4.24. The third kappa shape index (κ3) is 2.63. The Balaban J connectivity index is 1.64. The minimum atomic E-state index is -0.982. The second-order valence-corrected chi connectivity index (χ2v) is 5.52. The number of aliphatic carboxylic acids is 1. The van der Waals surface area contributed by atoms with Crippen LogP contribution in [0.1, 0.15) is 18.4 Å². The van der Waals surface area contributed by atoms with Gasteiger partial charge in [-0.3, -0.25) is 9.59 Å². The van der Waals surface area contributed by atoms with E-state index in [-0.39, 0.29) is 30.5 Å². The summed E-state index contributed by atoms with van der Waals surface area (Å²) in [5.41, 5.74) is 0.765. The molecule has 5 nitrogen and oxygen atoms in total. The fourth-order valence-corrected chi connectivity index (χ4v) is 3.23. The van der Waals surface area contributed by atoms with Crippen molar-refractivity contribution in [3.8, 4) is 0 Å². The fourth-order valence-electron chi connectivity index (χ4n) is 3.23. The topological polar surface area (TPSA) is 75.6 Å². The fraction of sp³-hybridized carbons (Fsp3) is 0.467. The maximum Gasteiger partial charge on any atom is 0.310 e. The minimum Gasteiger partial charge on any atom is -0.481 e. The second-order valence-electron chi connectivity index (χ2n) is 5.52. The molecule has 0 aliphatic carbocycles. The highest BCUT2D eigenvalue weighted by molar-refractivity contribution is 5.86. The van der Waals surface area contributed by atoms with Crippen molar-refractivity contribution in [1.82, 2.24) is 5.32 Å². The van der Waals surface area contributed by atoms with Crippen LogP contribution in [0.5, 0.6) is 0 Å². The number of carbonyl (C=O) groups is 2. The lowest BCUT2D eigenvalue weighted by Crippen LogP contribution is -2.43. The molecule has 2 bridgehead atoms. The van der Waals surface area contributed by atoms with Crippen molar-refractivity contribution in [2.75, 3.05) is 0 Å². The number of nitrogens with one attached hydrogen (secondary N) is 1. The molecule has 3 rings (SSSR count). The highest BCUT2D eigenvalue weighted by Gasteiger charge is 2.55. The summed E-state index contributed by atoms with van der Waals surface area (Å²) in [5, 5.41) is 12.0. The van der Waals surface area contributed by atoms with Crippen LogP contribution in [0.25, 0.3) is 0 Å². The van der Waals surface area contributed by atoms with E-state index in [0.29, 0.717) is 6.42 Å². The Morgan fingerprint density at radius 3 is 2.43 bits per heavy atom. The number of amides is 1. The molecule has 4 atom stereocenters. The summed E-state index contributed by atoms with van der Waals surface area (Å²) in [6, 6.07) is 5.81. The number of carboxylic acids is 1. The summed E-state index contributed by atoms with van der Waals surface area (Å²) in [6.45, 7) is 0.249. The van der Waals surface area contributed by atoms with Crippen molar-refractivity contribution in [3.05, 3.63) is 35.6 Å². The lowest BCUT2D eigenvalue weighted by Gasteiger charge is -2.23. The van der Waals surface area contributed by atoms with Crippen LogP contribution < -0.4 is 5.32 Å². The lowest BCUT2D eigenvalue weighted by molar-refractivity contribution is -0.147. The molecule has 2 aliphatic rings. The summed E-state index contributed by atoms with van der Waals surface area (Å²) >= 11 is 0. The third-order valence-electron chi connectivity index (χ3n) is 4.24. The van der Waals surface area contributed by atoms with E-state index in [1.165, 1.54) is 12.1 Å². The number of hydrogen-bond donors (Lipinski definition) is 2. The van der Waals surface area contributed by atoms with Gasteiger partial charge in [-0.25, -0.2) is 4.39 Å². The molecule has 0 saturated carbocycles. The van der Waals surface area contributed by atoms with Crippen molar-refractivity contribution >= 4 is 11.9 Å². The van der Waals surface area contributed by atoms with Gasteiger partial charge in [0.05, 0.1) is 24.0 Å². The van der Waals surface area contributed by atoms with E-state index in [2.05, 4.69) is 5.32 Å². The molecular weight excluding hydrogens is 277 g/mol. The number of benzene rings is 1. The zero-order valence-corrected chi connectivity index (χ0v) is 11.3. The largest absolute Gasteiger partial charge is 0.481 e. The maximum absolute atomic E-state index is 12.8. The van der Waals surface area contributed by atoms with Crippen LogP contribution in [0.2, 0.25) is 0 Å². The number of carbonyl (C=O) groups excluding carboxylic acids is 1. The van der Waals surface area contributed by atoms with Crippen LogP contribution in [0.3, 0.4) is 0 Å². The first-order valence-corrected chi connectivity index (χ1v) is 6.96. The molecule has 0 spiro atoms. The molecule has 0 unspecified atom stereocenters. The highest BCUT2D eigenvalue weighted by Crippen LogP contribution is 2.43. The van der Waals surface area contributed by atoms with E-state index < -0.39 is 17.8 Å². The average Bonchev–Trinajstić information content (AvgIpc) is 3.06. The van der Waals surface area contributed by atoms with Gasteiger partial charge in [-0.2, -0.15) is 0 Å². The molecule has 2 aliphatic heterocycles. The zero-order chi connectivity index (χ0) is 15.0. The standard InChI is InChI=1S/C15H16FNO4/c16-9-3-1-8(2-4-9)7-17-14(18)12-10-5-6-11(21-10)13(12)15(19)20/h1-4,10-13H,5-7H2,(H,17,18)(H,19,20)/t10-,11-,12-,13-/m1/s1. The van der Waals surface area contributed by atoms with Crippen LogP contribution in [0.15, 0.2) is 24.3 Å². The molecule has 2 N–H and O–H groups in total. The van der Waals surface area contributed by atoms with Gasteiger partial charge in [0.15, 0.2) is 0 Å². The van der Waals surface area contributed by atoms with E-state index in [4.69, 9.17) is 4.74 Å². The highest BCUT2D eigenvalue weighted by atomic mass is 19.1. The SMILES string of the molecule is O=C(O)[C@H]1[C@H](C(=O)NCc2ccc(F)cc2)[C@H]2CC[C@H]1O2. The minimum absolute atomic E-state index is 0.249. The van der Waals surface area contributed by atoms with Gasteiger partial charge in [-0.15, -0.1) is 0 Å². The Labute approximate surface area is 121 Å². The Hall–Kier alpha value is -1.95. The number of rotatable bonds is 4. The van der Waals surface area contributed by atoms with Crippen LogP contribution in [-0.2, 0) is 20.9 Å². The number of hydrogen-bond acceptors (Lipinski definition) is 3. The van der Waals surface area contributed by atoms with Crippen molar-refractivity contribution in [2.24, 2.45) is 11.8 Å². The Morgan fingerprint density at radius 2 is 1.81 bits per heavy atom. The van der Waals surface area contributed by atoms with Crippen LogP contribution in [0, 0.1) is 17.7 Å². The van der Waals surface area contributed by atoms with Crippen molar-refractivity contribution in [2.45, 2.75) is 31.6 Å². The van der Waals surface area contributed by atoms with Crippen molar-refractivity contribution < 1.29 is 23.8 Å². The number of fused-ring (bicyclic) bond motifs is 2. The first-order valence-electron chi connectivity index (χ1n) is 6.96. The monoisotopic (exact) mass is 293 g/mol. The van der Waals surface area contributed by atoms with Gasteiger partial charge in [0.25, 0.3) is 0 Å². The van der Waals surface area contributed by atoms with Gasteiger partial charge in [-0.05, 0) is 30.5 Å². The second kappa shape index (κ2) is 5.44. The van der Waals surface area contributed by atoms with Gasteiger partial charge >= 0.3 is 5.97 Å². The van der Waals surface area contributed by atoms with E-state index in [1.807, 2.05) is 0 Å². The molecule has 1 aromatic carbocycles. The molecule has 2 saturated heterocycles.